The number of carbonyl (C=O) groups is 2. The van der Waals surface area contributed by atoms with E-state index >= 15 is 0 Å². The van der Waals surface area contributed by atoms with Gasteiger partial charge in [-0.2, -0.15) is 0 Å². The molecular weight excluding hydrogens is 294 g/mol. The van der Waals surface area contributed by atoms with E-state index < -0.39 is 23.1 Å². The summed E-state index contributed by atoms with van der Waals surface area (Å²) in [6.07, 6.45) is 2.43. The highest BCUT2D eigenvalue weighted by Crippen LogP contribution is 2.36. The van der Waals surface area contributed by atoms with Gasteiger partial charge in [-0.25, -0.2) is 4.79 Å². The summed E-state index contributed by atoms with van der Waals surface area (Å²) in [5.41, 5.74) is -1.54. The molecule has 1 amide bonds. The number of carboxylic acids is 1. The number of hydrogen-bond donors (Lipinski definition) is 2. The minimum absolute atomic E-state index is 0.103. The number of rotatable bonds is 9. The van der Waals surface area contributed by atoms with Crippen LogP contribution in [-0.4, -0.2) is 29.3 Å². The highest BCUT2D eigenvalue weighted by molar-refractivity contribution is 5.76. The van der Waals surface area contributed by atoms with Crippen LogP contribution >= 0.6 is 0 Å². The number of ether oxygens (including phenoxy) is 1. The molecule has 0 saturated carbocycles. The molecule has 1 atom stereocenters. The molecule has 0 saturated heterocycles. The predicted octanol–water partition coefficient (Wildman–Crippen LogP) is 4.45. The Morgan fingerprint density at radius 1 is 1.09 bits per heavy atom. The molecule has 1 unspecified atom stereocenters. The second-order valence-electron chi connectivity index (χ2n) is 7.93. The molecule has 0 aromatic carbocycles. The first-order chi connectivity index (χ1) is 10.5. The second kappa shape index (κ2) is 9.14. The van der Waals surface area contributed by atoms with Crippen molar-refractivity contribution in [2.45, 2.75) is 79.8 Å². The Labute approximate surface area is 141 Å². The normalized spacial score (nSPS) is 14.7. The summed E-state index contributed by atoms with van der Waals surface area (Å²) in [5, 5.41) is 12.5. The maximum absolute atomic E-state index is 12.0. The van der Waals surface area contributed by atoms with Gasteiger partial charge in [0.05, 0.1) is 5.41 Å². The number of aliphatic carboxylic acids is 1. The van der Waals surface area contributed by atoms with Crippen LogP contribution in [0.3, 0.4) is 0 Å². The molecule has 5 nitrogen and oxygen atoms in total. The summed E-state index contributed by atoms with van der Waals surface area (Å²) in [5.74, 6) is -0.264. The average molecular weight is 329 g/mol. The van der Waals surface area contributed by atoms with Crippen molar-refractivity contribution >= 4 is 12.1 Å². The van der Waals surface area contributed by atoms with Gasteiger partial charge in [0.1, 0.15) is 5.60 Å². The number of alkyl carbamates (subject to hydrolysis) is 1. The SMILES string of the molecule is CCC(CC)CC(CNC(=O)OC(C)(C)C)(CC(C)C)C(=O)O. The van der Waals surface area contributed by atoms with Crippen LogP contribution in [0.2, 0.25) is 0 Å². The lowest BCUT2D eigenvalue weighted by atomic mass is 9.72. The van der Waals surface area contributed by atoms with Crippen LogP contribution in [0.5, 0.6) is 0 Å². The maximum atomic E-state index is 12.0. The molecule has 5 heteroatoms. The zero-order chi connectivity index (χ0) is 18.3. The zero-order valence-corrected chi connectivity index (χ0v) is 15.9. The number of carboxylic acid groups (broad SMARTS) is 1. The minimum atomic E-state index is -0.943. The molecule has 136 valence electrons. The summed E-state index contributed by atoms with van der Waals surface area (Å²) < 4.78 is 5.23. The van der Waals surface area contributed by atoms with Crippen LogP contribution in [0.4, 0.5) is 4.79 Å². The van der Waals surface area contributed by atoms with E-state index in [4.69, 9.17) is 4.74 Å². The van der Waals surface area contributed by atoms with Crippen molar-refractivity contribution in [1.82, 2.24) is 5.32 Å². The third-order valence-electron chi connectivity index (χ3n) is 4.06. The Hall–Kier alpha value is -1.26. The van der Waals surface area contributed by atoms with E-state index in [0.717, 1.165) is 12.8 Å². The first-order valence-corrected chi connectivity index (χ1v) is 8.66. The van der Waals surface area contributed by atoms with Crippen molar-refractivity contribution in [3.05, 3.63) is 0 Å². The van der Waals surface area contributed by atoms with Crippen LogP contribution in [0, 0.1) is 17.3 Å². The van der Waals surface area contributed by atoms with Crippen LogP contribution in [-0.2, 0) is 9.53 Å². The van der Waals surface area contributed by atoms with Crippen molar-refractivity contribution in [2.75, 3.05) is 6.54 Å². The highest BCUT2D eigenvalue weighted by Gasteiger charge is 2.41. The summed E-state index contributed by atoms with van der Waals surface area (Å²) in [6, 6.07) is 0. The van der Waals surface area contributed by atoms with Gasteiger partial charge in [-0.05, 0) is 45.4 Å². The molecule has 0 aliphatic carbocycles. The van der Waals surface area contributed by atoms with E-state index in [0.29, 0.717) is 18.8 Å². The number of carbonyl (C=O) groups excluding carboxylic acids is 1. The third kappa shape index (κ3) is 8.24. The quantitative estimate of drug-likeness (QED) is 0.655. The lowest BCUT2D eigenvalue weighted by Gasteiger charge is -2.34. The van der Waals surface area contributed by atoms with Gasteiger partial charge in [0.2, 0.25) is 0 Å². The summed E-state index contributed by atoms with van der Waals surface area (Å²) in [4.78, 5) is 23.9. The molecule has 0 aromatic heterocycles. The lowest BCUT2D eigenvalue weighted by molar-refractivity contribution is -0.151. The monoisotopic (exact) mass is 329 g/mol. The van der Waals surface area contributed by atoms with Crippen molar-refractivity contribution in [1.29, 1.82) is 0 Å². The Morgan fingerprint density at radius 3 is 1.96 bits per heavy atom. The second-order valence-corrected chi connectivity index (χ2v) is 7.93. The predicted molar refractivity (Wildman–Crippen MR) is 92.4 cm³/mol. The molecule has 0 aliphatic rings. The average Bonchev–Trinajstić information content (AvgIpc) is 2.39. The van der Waals surface area contributed by atoms with E-state index in [9.17, 15) is 14.7 Å². The van der Waals surface area contributed by atoms with Gasteiger partial charge in [-0.15, -0.1) is 0 Å². The molecule has 0 spiro atoms. The zero-order valence-electron chi connectivity index (χ0n) is 15.9. The smallest absolute Gasteiger partial charge is 0.407 e. The number of amides is 1. The van der Waals surface area contributed by atoms with Crippen LogP contribution < -0.4 is 5.32 Å². The standard InChI is InChI=1S/C18H35NO4/c1-8-14(9-2)11-18(15(20)21,10-13(3)4)12-19-16(22)23-17(5,6)7/h13-14H,8-12H2,1-7H3,(H,19,22)(H,20,21). The molecule has 23 heavy (non-hydrogen) atoms. The Morgan fingerprint density at radius 2 is 1.61 bits per heavy atom. The van der Waals surface area contributed by atoms with Crippen LogP contribution in [0.1, 0.15) is 74.1 Å². The third-order valence-corrected chi connectivity index (χ3v) is 4.06. The summed E-state index contributed by atoms with van der Waals surface area (Å²) >= 11 is 0. The van der Waals surface area contributed by atoms with Crippen molar-refractivity contribution in [3.63, 3.8) is 0 Å². The van der Waals surface area contributed by atoms with Crippen LogP contribution in [0.25, 0.3) is 0 Å². The van der Waals surface area contributed by atoms with Gasteiger partial charge in [-0.3, -0.25) is 4.79 Å². The van der Waals surface area contributed by atoms with E-state index in [-0.39, 0.29) is 12.5 Å². The van der Waals surface area contributed by atoms with Crippen molar-refractivity contribution in [2.24, 2.45) is 17.3 Å². The van der Waals surface area contributed by atoms with Gasteiger partial charge < -0.3 is 15.2 Å². The van der Waals surface area contributed by atoms with Gasteiger partial charge in [0, 0.05) is 6.54 Å². The Bertz CT molecular complexity index is 383. The fourth-order valence-electron chi connectivity index (χ4n) is 2.94. The number of nitrogens with one attached hydrogen (secondary N) is 1. The van der Waals surface area contributed by atoms with Gasteiger partial charge in [0.15, 0.2) is 0 Å². The molecule has 0 heterocycles. The Balaban J connectivity index is 5.16. The van der Waals surface area contributed by atoms with Crippen LogP contribution in [0.15, 0.2) is 0 Å². The summed E-state index contributed by atoms with van der Waals surface area (Å²) in [7, 11) is 0. The molecular formula is C18H35NO4. The first kappa shape index (κ1) is 21.7. The molecule has 0 fully saturated rings. The van der Waals surface area contributed by atoms with Gasteiger partial charge in [0.25, 0.3) is 0 Å². The first-order valence-electron chi connectivity index (χ1n) is 8.66. The topological polar surface area (TPSA) is 75.6 Å². The fourth-order valence-corrected chi connectivity index (χ4v) is 2.94. The molecule has 2 N–H and O–H groups in total. The van der Waals surface area contributed by atoms with E-state index in [1.54, 1.807) is 20.8 Å². The fraction of sp³-hybridized carbons (Fsp3) is 0.889. The van der Waals surface area contributed by atoms with E-state index in [1.807, 2.05) is 13.8 Å². The largest absolute Gasteiger partial charge is 0.481 e. The lowest BCUT2D eigenvalue weighted by Crippen LogP contribution is -2.46. The van der Waals surface area contributed by atoms with E-state index in [1.165, 1.54) is 0 Å². The molecule has 0 rings (SSSR count). The molecule has 0 aromatic rings. The van der Waals surface area contributed by atoms with E-state index in [2.05, 4.69) is 19.2 Å². The molecule has 0 radical (unpaired) electrons. The van der Waals surface area contributed by atoms with Gasteiger partial charge >= 0.3 is 12.1 Å². The Kier molecular flexibility index (Phi) is 8.64. The summed E-state index contributed by atoms with van der Waals surface area (Å²) in [6.45, 7) is 13.6. The number of hydrogen-bond acceptors (Lipinski definition) is 3. The minimum Gasteiger partial charge on any atom is -0.481 e. The maximum Gasteiger partial charge on any atom is 0.407 e. The highest BCUT2D eigenvalue weighted by atomic mass is 16.6. The van der Waals surface area contributed by atoms with Crippen molar-refractivity contribution in [3.8, 4) is 0 Å². The van der Waals surface area contributed by atoms with Crippen molar-refractivity contribution < 1.29 is 19.4 Å². The molecule has 0 aliphatic heterocycles. The van der Waals surface area contributed by atoms with Gasteiger partial charge in [-0.1, -0.05) is 40.5 Å². The molecule has 0 bridgehead atoms.